The van der Waals surface area contributed by atoms with Gasteiger partial charge in [0.2, 0.25) is 11.6 Å². The summed E-state index contributed by atoms with van der Waals surface area (Å²) in [4.78, 5) is 15.9. The van der Waals surface area contributed by atoms with Gasteiger partial charge in [-0.2, -0.15) is 5.10 Å². The third-order valence-corrected chi connectivity index (χ3v) is 5.01. The van der Waals surface area contributed by atoms with Gasteiger partial charge in [0, 0.05) is 17.5 Å². The van der Waals surface area contributed by atoms with Crippen molar-refractivity contribution in [3.05, 3.63) is 68.1 Å². The highest BCUT2D eigenvalue weighted by atomic mass is 32.1. The van der Waals surface area contributed by atoms with Gasteiger partial charge in [-0.15, -0.1) is 11.3 Å². The van der Waals surface area contributed by atoms with E-state index < -0.39 is 10.7 Å². The number of ether oxygens (including phenoxy) is 2. The van der Waals surface area contributed by atoms with Crippen molar-refractivity contribution in [3.63, 3.8) is 0 Å². The van der Waals surface area contributed by atoms with E-state index in [9.17, 15) is 14.5 Å². The second-order valence-electron chi connectivity index (χ2n) is 5.94. The number of hydrogen-bond donors (Lipinski definition) is 0. The summed E-state index contributed by atoms with van der Waals surface area (Å²) in [5, 5.41) is 17.6. The average Bonchev–Trinajstić information content (AvgIpc) is 3.32. The van der Waals surface area contributed by atoms with Crippen LogP contribution in [0.1, 0.15) is 12.5 Å². The highest BCUT2D eigenvalue weighted by molar-refractivity contribution is 7.07. The first-order valence-electron chi connectivity index (χ1n) is 8.66. The number of aromatic nitrogens is 1. The molecule has 2 aromatic carbocycles. The molecule has 29 heavy (non-hydrogen) atoms. The lowest BCUT2D eigenvalue weighted by Gasteiger charge is -2.05. The fourth-order valence-electron chi connectivity index (χ4n) is 2.84. The predicted molar refractivity (Wildman–Crippen MR) is 106 cm³/mol. The summed E-state index contributed by atoms with van der Waals surface area (Å²) in [5.74, 6) is 0.317. The normalized spacial score (nSPS) is 13.4. The molecule has 0 atom stereocenters. The number of rotatable bonds is 5. The van der Waals surface area contributed by atoms with Gasteiger partial charge >= 0.3 is 0 Å². The molecule has 0 radical (unpaired) electrons. The van der Waals surface area contributed by atoms with Gasteiger partial charge in [-0.05, 0) is 25.1 Å². The van der Waals surface area contributed by atoms with Crippen LogP contribution >= 0.6 is 11.3 Å². The standard InChI is InChI=1S/C19H15FN4O4S/c1-2-21-19-23(16(10-29-19)13-5-3-4-6-14(13)20)22-9-12-7-17-18(28-11-27-17)8-15(12)24(25)26/h3-10H,2,11H2,1H3/b21-19?,22-9-. The Balaban J connectivity index is 1.84. The monoisotopic (exact) mass is 414 g/mol. The Hall–Kier alpha value is -3.53. The van der Waals surface area contributed by atoms with Crippen LogP contribution in [-0.4, -0.2) is 29.2 Å². The summed E-state index contributed by atoms with van der Waals surface area (Å²) in [6, 6.07) is 9.13. The highest BCUT2D eigenvalue weighted by Gasteiger charge is 2.22. The van der Waals surface area contributed by atoms with Crippen molar-refractivity contribution >= 4 is 23.2 Å². The van der Waals surface area contributed by atoms with Crippen molar-refractivity contribution in [1.29, 1.82) is 0 Å². The molecule has 0 aliphatic carbocycles. The van der Waals surface area contributed by atoms with Crippen molar-refractivity contribution in [3.8, 4) is 22.8 Å². The van der Waals surface area contributed by atoms with Gasteiger partial charge in [-0.1, -0.05) is 12.1 Å². The van der Waals surface area contributed by atoms with Gasteiger partial charge in [0.1, 0.15) is 5.82 Å². The van der Waals surface area contributed by atoms with E-state index in [1.165, 1.54) is 40.4 Å². The first-order valence-corrected chi connectivity index (χ1v) is 9.54. The number of fused-ring (bicyclic) bond motifs is 1. The van der Waals surface area contributed by atoms with Gasteiger partial charge in [0.15, 0.2) is 11.5 Å². The van der Waals surface area contributed by atoms with Crippen LogP contribution in [0.3, 0.4) is 0 Å². The first kappa shape index (κ1) is 18.8. The molecule has 0 fully saturated rings. The zero-order valence-electron chi connectivity index (χ0n) is 15.2. The van der Waals surface area contributed by atoms with Crippen LogP contribution in [0, 0.1) is 15.9 Å². The summed E-state index contributed by atoms with van der Waals surface area (Å²) < 4.78 is 26.3. The number of halogens is 1. The Morgan fingerprint density at radius 1 is 1.31 bits per heavy atom. The molecule has 1 aliphatic rings. The molecule has 0 saturated heterocycles. The van der Waals surface area contributed by atoms with Gasteiger partial charge < -0.3 is 9.47 Å². The number of nitrogens with zero attached hydrogens (tertiary/aromatic N) is 4. The van der Waals surface area contributed by atoms with Crippen molar-refractivity contribution in [2.24, 2.45) is 10.1 Å². The van der Waals surface area contributed by atoms with Gasteiger partial charge in [0.25, 0.3) is 5.69 Å². The summed E-state index contributed by atoms with van der Waals surface area (Å²) in [6.07, 6.45) is 1.34. The van der Waals surface area contributed by atoms with E-state index in [1.807, 2.05) is 6.92 Å². The number of hydrogen-bond acceptors (Lipinski definition) is 7. The minimum absolute atomic E-state index is 0.00330. The molecule has 1 aromatic heterocycles. The van der Waals surface area contributed by atoms with Gasteiger partial charge in [-0.25, -0.2) is 9.07 Å². The topological polar surface area (TPSA) is 91.2 Å². The molecule has 2 heterocycles. The number of thiazole rings is 1. The molecule has 10 heteroatoms. The molecular formula is C19H15FN4O4S. The summed E-state index contributed by atoms with van der Waals surface area (Å²) in [6.45, 7) is 2.39. The number of nitro benzene ring substituents is 1. The average molecular weight is 414 g/mol. The number of benzene rings is 2. The SMILES string of the molecule is CCN=c1scc(-c2ccccc2F)n1/N=C\c1cc2c(cc1[N+](=O)[O-])OCO2. The van der Waals surface area contributed by atoms with Gasteiger partial charge in [0.05, 0.1) is 28.5 Å². The molecule has 0 saturated carbocycles. The molecule has 0 unspecified atom stereocenters. The van der Waals surface area contributed by atoms with E-state index in [1.54, 1.807) is 23.6 Å². The van der Waals surface area contributed by atoms with E-state index in [2.05, 4.69) is 10.1 Å². The van der Waals surface area contributed by atoms with E-state index >= 15 is 0 Å². The van der Waals surface area contributed by atoms with Crippen LogP contribution in [0.25, 0.3) is 11.3 Å². The van der Waals surface area contributed by atoms with E-state index in [4.69, 9.17) is 9.47 Å². The van der Waals surface area contributed by atoms with Crippen LogP contribution in [-0.2, 0) is 0 Å². The third-order valence-electron chi connectivity index (χ3n) is 4.16. The van der Waals surface area contributed by atoms with Crippen LogP contribution in [0.5, 0.6) is 11.5 Å². The second kappa shape index (κ2) is 7.84. The molecule has 8 nitrogen and oxygen atoms in total. The lowest BCUT2D eigenvalue weighted by Crippen LogP contribution is -2.13. The van der Waals surface area contributed by atoms with E-state index in [0.717, 1.165) is 0 Å². The zero-order chi connectivity index (χ0) is 20.4. The summed E-state index contributed by atoms with van der Waals surface area (Å²) in [5.41, 5.74) is 0.925. The largest absolute Gasteiger partial charge is 0.454 e. The van der Waals surface area contributed by atoms with Crippen molar-refractivity contribution in [1.82, 2.24) is 4.68 Å². The molecule has 0 bridgehead atoms. The highest BCUT2D eigenvalue weighted by Crippen LogP contribution is 2.37. The third kappa shape index (κ3) is 3.61. The summed E-state index contributed by atoms with van der Waals surface area (Å²) in [7, 11) is 0. The molecular weight excluding hydrogens is 399 g/mol. The molecule has 4 rings (SSSR count). The Morgan fingerprint density at radius 3 is 2.79 bits per heavy atom. The second-order valence-corrected chi connectivity index (χ2v) is 6.77. The smallest absolute Gasteiger partial charge is 0.282 e. The lowest BCUT2D eigenvalue weighted by molar-refractivity contribution is -0.385. The Kier molecular flexibility index (Phi) is 5.09. The fourth-order valence-corrected chi connectivity index (χ4v) is 3.73. The lowest BCUT2D eigenvalue weighted by atomic mass is 10.1. The quantitative estimate of drug-likeness (QED) is 0.361. The molecule has 1 aliphatic heterocycles. The van der Waals surface area contributed by atoms with Crippen molar-refractivity contribution in [2.75, 3.05) is 13.3 Å². The van der Waals surface area contributed by atoms with Gasteiger partial charge in [-0.3, -0.25) is 15.1 Å². The Labute approximate surface area is 168 Å². The fraction of sp³-hybridized carbons (Fsp3) is 0.158. The minimum Gasteiger partial charge on any atom is -0.454 e. The number of nitro groups is 1. The first-order chi connectivity index (χ1) is 14.1. The Bertz CT molecular complexity index is 1190. The maximum Gasteiger partial charge on any atom is 0.282 e. The van der Waals surface area contributed by atoms with Crippen LogP contribution in [0.4, 0.5) is 10.1 Å². The van der Waals surface area contributed by atoms with Crippen LogP contribution in [0.2, 0.25) is 0 Å². The summed E-state index contributed by atoms with van der Waals surface area (Å²) >= 11 is 1.31. The molecule has 0 N–H and O–H groups in total. The van der Waals surface area contributed by atoms with Crippen LogP contribution in [0.15, 0.2) is 51.9 Å². The van der Waals surface area contributed by atoms with Crippen molar-refractivity contribution < 1.29 is 18.8 Å². The molecule has 0 amide bonds. The Morgan fingerprint density at radius 2 is 2.07 bits per heavy atom. The van der Waals surface area contributed by atoms with E-state index in [-0.39, 0.29) is 18.0 Å². The molecule has 0 spiro atoms. The van der Waals surface area contributed by atoms with Crippen molar-refractivity contribution in [2.45, 2.75) is 6.92 Å². The minimum atomic E-state index is -0.517. The zero-order valence-corrected chi connectivity index (χ0v) is 16.1. The molecule has 148 valence electrons. The maximum atomic E-state index is 14.3. The molecule has 3 aromatic rings. The predicted octanol–water partition coefficient (Wildman–Crippen LogP) is 3.80. The van der Waals surface area contributed by atoms with E-state index in [0.29, 0.717) is 34.1 Å². The van der Waals surface area contributed by atoms with Crippen LogP contribution < -0.4 is 14.3 Å². The maximum absolute atomic E-state index is 14.3.